The summed E-state index contributed by atoms with van der Waals surface area (Å²) in [5, 5.41) is 0. The first-order chi connectivity index (χ1) is 11.8. The quantitative estimate of drug-likeness (QED) is 0.838. The Balaban J connectivity index is 1.81. The first-order valence-corrected chi connectivity index (χ1v) is 9.51. The molecule has 2 aromatic carbocycles. The van der Waals surface area contributed by atoms with Crippen LogP contribution in [0.1, 0.15) is 12.5 Å². The SMILES string of the molecule is Cc1cccc(N2CCN(S(=O)(=O)c3ccc(F)c(F)c3)CC2C)c1. The number of anilines is 1. The second kappa shape index (κ2) is 6.72. The topological polar surface area (TPSA) is 40.6 Å². The number of sulfonamides is 1. The normalized spacial score (nSPS) is 19.2. The summed E-state index contributed by atoms with van der Waals surface area (Å²) in [5.74, 6) is -2.22. The molecule has 0 amide bonds. The molecule has 7 heteroatoms. The Morgan fingerprint density at radius 1 is 1.04 bits per heavy atom. The molecule has 0 saturated carbocycles. The molecule has 134 valence electrons. The van der Waals surface area contributed by atoms with Crippen molar-refractivity contribution in [2.24, 2.45) is 0 Å². The third-order valence-electron chi connectivity index (χ3n) is 4.45. The molecular formula is C18H20F2N2O2S. The van der Waals surface area contributed by atoms with Crippen LogP contribution in [0.2, 0.25) is 0 Å². The number of halogens is 2. The van der Waals surface area contributed by atoms with Crippen LogP contribution in [0.5, 0.6) is 0 Å². The number of aryl methyl sites for hydroxylation is 1. The van der Waals surface area contributed by atoms with E-state index in [0.717, 1.165) is 29.4 Å². The minimum Gasteiger partial charge on any atom is -0.366 e. The van der Waals surface area contributed by atoms with E-state index >= 15 is 0 Å². The van der Waals surface area contributed by atoms with Crippen molar-refractivity contribution in [2.75, 3.05) is 24.5 Å². The van der Waals surface area contributed by atoms with Crippen LogP contribution in [0.25, 0.3) is 0 Å². The Bertz CT molecular complexity index is 886. The van der Waals surface area contributed by atoms with Gasteiger partial charge in [0.25, 0.3) is 0 Å². The van der Waals surface area contributed by atoms with Gasteiger partial charge in [0.05, 0.1) is 4.90 Å². The molecule has 0 aliphatic carbocycles. The highest BCUT2D eigenvalue weighted by Gasteiger charge is 2.32. The molecule has 2 aromatic rings. The molecule has 0 aromatic heterocycles. The molecule has 0 bridgehead atoms. The van der Waals surface area contributed by atoms with E-state index < -0.39 is 21.7 Å². The molecule has 3 rings (SSSR count). The van der Waals surface area contributed by atoms with Crippen molar-refractivity contribution in [3.63, 3.8) is 0 Å². The highest BCUT2D eigenvalue weighted by molar-refractivity contribution is 7.89. The maximum Gasteiger partial charge on any atom is 0.243 e. The lowest BCUT2D eigenvalue weighted by molar-refractivity contribution is 0.342. The molecule has 1 heterocycles. The van der Waals surface area contributed by atoms with E-state index in [9.17, 15) is 17.2 Å². The Kier molecular flexibility index (Phi) is 4.79. The Labute approximate surface area is 146 Å². The fraction of sp³-hybridized carbons (Fsp3) is 0.333. The van der Waals surface area contributed by atoms with Gasteiger partial charge in [-0.15, -0.1) is 0 Å². The molecule has 25 heavy (non-hydrogen) atoms. The van der Waals surface area contributed by atoms with Gasteiger partial charge in [0, 0.05) is 31.4 Å². The number of benzene rings is 2. The van der Waals surface area contributed by atoms with Crippen LogP contribution in [-0.2, 0) is 10.0 Å². The highest BCUT2D eigenvalue weighted by Crippen LogP contribution is 2.25. The lowest BCUT2D eigenvalue weighted by atomic mass is 10.1. The van der Waals surface area contributed by atoms with Crippen molar-refractivity contribution >= 4 is 15.7 Å². The van der Waals surface area contributed by atoms with E-state index in [2.05, 4.69) is 11.0 Å². The van der Waals surface area contributed by atoms with Gasteiger partial charge in [-0.2, -0.15) is 4.31 Å². The summed E-state index contributed by atoms with van der Waals surface area (Å²) in [6.45, 7) is 5.08. The third kappa shape index (κ3) is 3.52. The average Bonchev–Trinajstić information content (AvgIpc) is 2.57. The lowest BCUT2D eigenvalue weighted by Crippen LogP contribution is -2.53. The Hall–Kier alpha value is -1.99. The van der Waals surface area contributed by atoms with Gasteiger partial charge in [-0.1, -0.05) is 12.1 Å². The molecule has 1 saturated heterocycles. The molecular weight excluding hydrogens is 346 g/mol. The second-order valence-corrected chi connectivity index (χ2v) is 8.26. The minimum atomic E-state index is -3.85. The average molecular weight is 366 g/mol. The van der Waals surface area contributed by atoms with Gasteiger partial charge in [-0.25, -0.2) is 17.2 Å². The standard InChI is InChI=1S/C18H20F2N2O2S/c1-13-4-3-5-15(10-13)22-9-8-21(12-14(22)2)25(23,24)16-6-7-17(19)18(20)11-16/h3-7,10-11,14H,8-9,12H2,1-2H3. The van der Waals surface area contributed by atoms with E-state index in [0.29, 0.717) is 13.1 Å². The van der Waals surface area contributed by atoms with Gasteiger partial charge in [-0.05, 0) is 49.7 Å². The predicted octanol–water partition coefficient (Wildman–Crippen LogP) is 3.17. The van der Waals surface area contributed by atoms with Crippen molar-refractivity contribution in [1.29, 1.82) is 0 Å². The van der Waals surface area contributed by atoms with Gasteiger partial charge in [0.15, 0.2) is 11.6 Å². The van der Waals surface area contributed by atoms with Gasteiger partial charge >= 0.3 is 0 Å². The zero-order valence-corrected chi connectivity index (χ0v) is 14.9. The van der Waals surface area contributed by atoms with E-state index in [1.807, 2.05) is 32.0 Å². The summed E-state index contributed by atoms with van der Waals surface area (Å²) in [7, 11) is -3.85. The first-order valence-electron chi connectivity index (χ1n) is 8.07. The predicted molar refractivity (Wildman–Crippen MR) is 93.1 cm³/mol. The lowest BCUT2D eigenvalue weighted by Gasteiger charge is -2.40. The van der Waals surface area contributed by atoms with Crippen LogP contribution in [0.3, 0.4) is 0 Å². The zero-order chi connectivity index (χ0) is 18.2. The molecule has 1 fully saturated rings. The van der Waals surface area contributed by atoms with E-state index in [1.54, 1.807) is 0 Å². The van der Waals surface area contributed by atoms with Crippen LogP contribution in [0.15, 0.2) is 47.4 Å². The summed E-state index contributed by atoms with van der Waals surface area (Å²) in [5.41, 5.74) is 2.19. The van der Waals surface area contributed by atoms with Crippen molar-refractivity contribution in [1.82, 2.24) is 4.31 Å². The maximum absolute atomic E-state index is 13.4. The summed E-state index contributed by atoms with van der Waals surface area (Å²) in [4.78, 5) is 1.94. The van der Waals surface area contributed by atoms with Crippen molar-refractivity contribution < 1.29 is 17.2 Å². The second-order valence-electron chi connectivity index (χ2n) is 6.32. The fourth-order valence-electron chi connectivity index (χ4n) is 3.12. The van der Waals surface area contributed by atoms with Gasteiger partial charge in [-0.3, -0.25) is 0 Å². The van der Waals surface area contributed by atoms with Crippen molar-refractivity contribution in [2.45, 2.75) is 24.8 Å². The molecule has 1 atom stereocenters. The Morgan fingerprint density at radius 2 is 1.80 bits per heavy atom. The molecule has 1 aliphatic heterocycles. The largest absolute Gasteiger partial charge is 0.366 e. The summed E-state index contributed by atoms with van der Waals surface area (Å²) >= 11 is 0. The summed E-state index contributed by atoms with van der Waals surface area (Å²) in [6.07, 6.45) is 0. The van der Waals surface area contributed by atoms with E-state index in [-0.39, 0.29) is 17.5 Å². The first kappa shape index (κ1) is 17.8. The van der Waals surface area contributed by atoms with Crippen LogP contribution in [0.4, 0.5) is 14.5 Å². The maximum atomic E-state index is 13.4. The number of piperazine rings is 1. The minimum absolute atomic E-state index is 0.0318. The monoisotopic (exact) mass is 366 g/mol. The van der Waals surface area contributed by atoms with Gasteiger partial charge in [0.2, 0.25) is 10.0 Å². The molecule has 0 radical (unpaired) electrons. The molecule has 4 nitrogen and oxygen atoms in total. The fourth-order valence-corrected chi connectivity index (χ4v) is 4.64. The smallest absolute Gasteiger partial charge is 0.243 e. The van der Waals surface area contributed by atoms with Crippen molar-refractivity contribution in [3.05, 3.63) is 59.7 Å². The van der Waals surface area contributed by atoms with Crippen LogP contribution < -0.4 is 4.90 Å². The van der Waals surface area contributed by atoms with E-state index in [1.165, 1.54) is 4.31 Å². The number of hydrogen-bond acceptors (Lipinski definition) is 3. The number of nitrogens with zero attached hydrogens (tertiary/aromatic N) is 2. The Morgan fingerprint density at radius 3 is 2.44 bits per heavy atom. The summed E-state index contributed by atoms with van der Waals surface area (Å²) in [6, 6.07) is 10.7. The molecule has 0 N–H and O–H groups in total. The number of rotatable bonds is 3. The van der Waals surface area contributed by atoms with E-state index in [4.69, 9.17) is 0 Å². The summed E-state index contributed by atoms with van der Waals surface area (Å²) < 4.78 is 53.2. The third-order valence-corrected chi connectivity index (χ3v) is 6.31. The van der Waals surface area contributed by atoms with Gasteiger partial charge in [0.1, 0.15) is 0 Å². The highest BCUT2D eigenvalue weighted by atomic mass is 32.2. The molecule has 0 spiro atoms. The van der Waals surface area contributed by atoms with Gasteiger partial charge < -0.3 is 4.90 Å². The van der Waals surface area contributed by atoms with Crippen LogP contribution in [0, 0.1) is 18.6 Å². The van der Waals surface area contributed by atoms with Crippen molar-refractivity contribution in [3.8, 4) is 0 Å². The van der Waals surface area contributed by atoms with Crippen LogP contribution >= 0.6 is 0 Å². The van der Waals surface area contributed by atoms with Crippen LogP contribution in [-0.4, -0.2) is 38.4 Å². The number of hydrogen-bond donors (Lipinski definition) is 0. The molecule has 1 aliphatic rings. The molecule has 1 unspecified atom stereocenters. The zero-order valence-electron chi connectivity index (χ0n) is 14.1.